The zero-order chi connectivity index (χ0) is 17.1. The van der Waals surface area contributed by atoms with Crippen molar-refractivity contribution in [3.05, 3.63) is 36.3 Å². The molecule has 3 heterocycles. The lowest BCUT2D eigenvalue weighted by molar-refractivity contribution is 0.0740. The summed E-state index contributed by atoms with van der Waals surface area (Å²) < 4.78 is 5.38. The number of aromatic nitrogens is 3. The minimum Gasteiger partial charge on any atom is -0.446 e. The summed E-state index contributed by atoms with van der Waals surface area (Å²) in [6.45, 7) is 6.53. The van der Waals surface area contributed by atoms with Gasteiger partial charge in [-0.25, -0.2) is 15.0 Å². The number of carbonyl (C=O) groups is 1. The van der Waals surface area contributed by atoms with Gasteiger partial charge in [0.2, 0.25) is 11.8 Å². The third-order valence-corrected chi connectivity index (χ3v) is 4.15. The summed E-state index contributed by atoms with van der Waals surface area (Å²) in [4.78, 5) is 29.1. The largest absolute Gasteiger partial charge is 0.446 e. The first-order chi connectivity index (χ1) is 11.6. The molecule has 2 N–H and O–H groups in total. The Hall–Kier alpha value is -2.48. The highest BCUT2D eigenvalue weighted by atomic mass is 16.3. The van der Waals surface area contributed by atoms with Crippen LogP contribution in [0, 0.1) is 5.92 Å². The van der Waals surface area contributed by atoms with Crippen LogP contribution in [0.5, 0.6) is 0 Å². The lowest BCUT2D eigenvalue weighted by Crippen LogP contribution is -2.49. The maximum absolute atomic E-state index is 12.6. The highest BCUT2D eigenvalue weighted by Crippen LogP contribution is 2.19. The van der Waals surface area contributed by atoms with Crippen LogP contribution < -0.4 is 10.6 Å². The van der Waals surface area contributed by atoms with E-state index in [1.165, 1.54) is 6.26 Å². The summed E-state index contributed by atoms with van der Waals surface area (Å²) in [6, 6.07) is 1.48. The summed E-state index contributed by atoms with van der Waals surface area (Å²) in [5.74, 6) is 1.16. The van der Waals surface area contributed by atoms with Gasteiger partial charge in [-0.05, 0) is 12.0 Å². The Morgan fingerprint density at radius 3 is 2.50 bits per heavy atom. The first-order valence-corrected chi connectivity index (χ1v) is 8.08. The van der Waals surface area contributed by atoms with Crippen LogP contribution in [0.25, 0.3) is 0 Å². The van der Waals surface area contributed by atoms with Crippen LogP contribution in [0.3, 0.4) is 0 Å². The number of nitrogens with zero attached hydrogens (tertiary/aromatic N) is 5. The molecule has 1 aliphatic heterocycles. The van der Waals surface area contributed by atoms with E-state index in [2.05, 4.69) is 19.9 Å². The Morgan fingerprint density at radius 1 is 1.21 bits per heavy atom. The average Bonchev–Trinajstić information content (AvgIpc) is 3.11. The molecule has 0 bridgehead atoms. The molecule has 1 amide bonds. The van der Waals surface area contributed by atoms with Crippen LogP contribution >= 0.6 is 0 Å². The maximum atomic E-state index is 12.6. The summed E-state index contributed by atoms with van der Waals surface area (Å²) in [5.41, 5.74) is 6.32. The van der Waals surface area contributed by atoms with Crippen molar-refractivity contribution in [2.45, 2.75) is 19.9 Å². The second-order valence-electron chi connectivity index (χ2n) is 6.17. The summed E-state index contributed by atoms with van der Waals surface area (Å²) in [6.07, 6.45) is 4.83. The van der Waals surface area contributed by atoms with Crippen LogP contribution in [0.2, 0.25) is 0 Å². The van der Waals surface area contributed by atoms with Crippen LogP contribution in [0.4, 0.5) is 5.95 Å². The monoisotopic (exact) mass is 330 g/mol. The van der Waals surface area contributed by atoms with E-state index in [4.69, 9.17) is 10.2 Å². The van der Waals surface area contributed by atoms with E-state index in [-0.39, 0.29) is 17.9 Å². The van der Waals surface area contributed by atoms with Crippen molar-refractivity contribution in [3.8, 4) is 0 Å². The van der Waals surface area contributed by atoms with E-state index >= 15 is 0 Å². The van der Waals surface area contributed by atoms with Gasteiger partial charge in [0.15, 0.2) is 5.69 Å². The molecule has 0 spiro atoms. The normalized spacial score (nSPS) is 16.5. The van der Waals surface area contributed by atoms with Crippen LogP contribution in [0.1, 0.15) is 36.3 Å². The summed E-state index contributed by atoms with van der Waals surface area (Å²) in [7, 11) is 0. The van der Waals surface area contributed by atoms with Gasteiger partial charge in [0.25, 0.3) is 5.91 Å². The summed E-state index contributed by atoms with van der Waals surface area (Å²) >= 11 is 0. The molecule has 3 rings (SSSR count). The molecule has 24 heavy (non-hydrogen) atoms. The molecule has 128 valence electrons. The molecule has 0 aromatic carbocycles. The number of hydrogen-bond acceptors (Lipinski definition) is 7. The van der Waals surface area contributed by atoms with E-state index < -0.39 is 0 Å². The highest BCUT2D eigenvalue weighted by molar-refractivity contribution is 5.92. The molecule has 1 unspecified atom stereocenters. The van der Waals surface area contributed by atoms with Crippen LogP contribution in [-0.2, 0) is 0 Å². The van der Waals surface area contributed by atoms with Crippen molar-refractivity contribution in [2.75, 3.05) is 31.1 Å². The van der Waals surface area contributed by atoms with Crippen molar-refractivity contribution in [1.29, 1.82) is 0 Å². The third-order valence-electron chi connectivity index (χ3n) is 4.15. The molecule has 1 saturated heterocycles. The standard InChI is InChI=1S/C16H22N6O2/c1-11(2)13(17)14-20-12(10-24-14)15(23)21-6-8-22(9-7-21)16-18-4-3-5-19-16/h3-5,10-11,13H,6-9,17H2,1-2H3. The number of anilines is 1. The van der Waals surface area contributed by atoms with Gasteiger partial charge in [-0.2, -0.15) is 0 Å². The number of amides is 1. The number of hydrogen-bond donors (Lipinski definition) is 1. The zero-order valence-electron chi connectivity index (χ0n) is 13.9. The van der Waals surface area contributed by atoms with E-state index in [0.717, 1.165) is 0 Å². The molecule has 8 nitrogen and oxygen atoms in total. The predicted octanol–water partition coefficient (Wildman–Crippen LogP) is 1.08. The SMILES string of the molecule is CC(C)C(N)c1nc(C(=O)N2CCN(c3ncccn3)CC2)co1. The minimum absolute atomic E-state index is 0.130. The van der Waals surface area contributed by atoms with Crippen molar-refractivity contribution < 1.29 is 9.21 Å². The fourth-order valence-corrected chi connectivity index (χ4v) is 2.55. The first-order valence-electron chi connectivity index (χ1n) is 8.08. The fraction of sp³-hybridized carbons (Fsp3) is 0.500. The first kappa shape index (κ1) is 16.4. The molecular weight excluding hydrogens is 308 g/mol. The van der Waals surface area contributed by atoms with Gasteiger partial charge >= 0.3 is 0 Å². The van der Waals surface area contributed by atoms with Gasteiger partial charge in [0.05, 0.1) is 6.04 Å². The van der Waals surface area contributed by atoms with E-state index in [0.29, 0.717) is 43.7 Å². The van der Waals surface area contributed by atoms with Crippen molar-refractivity contribution >= 4 is 11.9 Å². The third kappa shape index (κ3) is 3.38. The molecule has 2 aromatic rings. The molecule has 0 aliphatic carbocycles. The Kier molecular flexibility index (Phi) is 4.75. The number of carbonyl (C=O) groups excluding carboxylic acids is 1. The molecule has 0 saturated carbocycles. The topological polar surface area (TPSA) is 101 Å². The predicted molar refractivity (Wildman–Crippen MR) is 88.4 cm³/mol. The molecule has 8 heteroatoms. The van der Waals surface area contributed by atoms with Gasteiger partial charge in [-0.1, -0.05) is 13.8 Å². The second-order valence-corrected chi connectivity index (χ2v) is 6.17. The zero-order valence-corrected chi connectivity index (χ0v) is 13.9. The maximum Gasteiger partial charge on any atom is 0.275 e. The highest BCUT2D eigenvalue weighted by Gasteiger charge is 2.26. The lowest BCUT2D eigenvalue weighted by Gasteiger charge is -2.34. The van der Waals surface area contributed by atoms with Crippen LogP contribution in [0.15, 0.2) is 29.1 Å². The van der Waals surface area contributed by atoms with Gasteiger partial charge in [0.1, 0.15) is 6.26 Å². The Bertz CT molecular complexity index is 679. The molecule has 0 radical (unpaired) electrons. The summed E-state index contributed by atoms with van der Waals surface area (Å²) in [5, 5.41) is 0. The van der Waals surface area contributed by atoms with Gasteiger partial charge in [0, 0.05) is 38.6 Å². The van der Waals surface area contributed by atoms with Crippen molar-refractivity contribution in [2.24, 2.45) is 11.7 Å². The van der Waals surface area contributed by atoms with E-state index in [1.807, 2.05) is 13.8 Å². The molecular formula is C16H22N6O2. The number of rotatable bonds is 4. The van der Waals surface area contributed by atoms with E-state index in [1.54, 1.807) is 23.4 Å². The second kappa shape index (κ2) is 6.96. The minimum atomic E-state index is -0.307. The number of piperazine rings is 1. The number of oxazole rings is 1. The fourth-order valence-electron chi connectivity index (χ4n) is 2.55. The average molecular weight is 330 g/mol. The van der Waals surface area contributed by atoms with Gasteiger partial charge in [-0.15, -0.1) is 0 Å². The molecule has 2 aromatic heterocycles. The molecule has 1 fully saturated rings. The van der Waals surface area contributed by atoms with Crippen LogP contribution in [-0.4, -0.2) is 51.9 Å². The molecule has 1 aliphatic rings. The van der Waals surface area contributed by atoms with Crippen molar-refractivity contribution in [1.82, 2.24) is 19.9 Å². The quantitative estimate of drug-likeness (QED) is 0.895. The Balaban J connectivity index is 1.61. The van der Waals surface area contributed by atoms with E-state index in [9.17, 15) is 4.79 Å². The lowest BCUT2D eigenvalue weighted by atomic mass is 10.1. The van der Waals surface area contributed by atoms with Gasteiger partial charge in [-0.3, -0.25) is 4.79 Å². The molecule has 1 atom stereocenters. The van der Waals surface area contributed by atoms with Gasteiger partial charge < -0.3 is 20.0 Å². The Morgan fingerprint density at radius 2 is 1.88 bits per heavy atom. The number of nitrogens with two attached hydrogens (primary N) is 1. The smallest absolute Gasteiger partial charge is 0.275 e. The Labute approximate surface area is 140 Å². The van der Waals surface area contributed by atoms with Crippen molar-refractivity contribution in [3.63, 3.8) is 0 Å².